The molecule has 0 aromatic carbocycles. The summed E-state index contributed by atoms with van der Waals surface area (Å²) >= 11 is 0. The summed E-state index contributed by atoms with van der Waals surface area (Å²) in [5.74, 6) is -1.66. The number of aromatic nitrogens is 3. The van der Waals surface area contributed by atoms with Crippen LogP contribution in [0.2, 0.25) is 0 Å². The molecule has 1 saturated carbocycles. The Morgan fingerprint density at radius 1 is 1.40 bits per heavy atom. The zero-order valence-electron chi connectivity index (χ0n) is 7.67. The van der Waals surface area contributed by atoms with E-state index < -0.39 is 17.3 Å². The zero-order chi connectivity index (χ0) is 10.9. The number of carboxylic acids is 1. The first kappa shape index (κ1) is 9.50. The predicted octanol–water partition coefficient (Wildman–Crippen LogP) is -0.325. The third-order valence-electron chi connectivity index (χ3n) is 2.30. The Labute approximate surface area is 84.5 Å². The summed E-state index contributed by atoms with van der Waals surface area (Å²) < 4.78 is 0. The molecule has 0 radical (unpaired) electrons. The second-order valence-corrected chi connectivity index (χ2v) is 3.31. The quantitative estimate of drug-likeness (QED) is 0.659. The van der Waals surface area contributed by atoms with Gasteiger partial charge in [-0.1, -0.05) is 0 Å². The van der Waals surface area contributed by atoms with E-state index in [1.165, 1.54) is 12.4 Å². The molecule has 0 bridgehead atoms. The van der Waals surface area contributed by atoms with Crippen molar-refractivity contribution in [2.24, 2.45) is 5.41 Å². The van der Waals surface area contributed by atoms with Crippen molar-refractivity contribution in [1.82, 2.24) is 15.2 Å². The minimum absolute atomic E-state index is 0.0232. The number of amides is 1. The maximum absolute atomic E-state index is 11.5. The van der Waals surface area contributed by atoms with Gasteiger partial charge in [-0.2, -0.15) is 5.10 Å². The first-order valence-electron chi connectivity index (χ1n) is 4.34. The highest BCUT2D eigenvalue weighted by molar-refractivity contribution is 6.10. The molecular weight excluding hydrogens is 200 g/mol. The molecule has 1 amide bonds. The molecule has 0 saturated heterocycles. The molecule has 1 aromatic rings. The van der Waals surface area contributed by atoms with Gasteiger partial charge in [0.1, 0.15) is 5.41 Å². The summed E-state index contributed by atoms with van der Waals surface area (Å²) in [6.45, 7) is 0. The molecular formula is C8H8N4O3. The van der Waals surface area contributed by atoms with Crippen LogP contribution in [0.1, 0.15) is 12.8 Å². The molecule has 78 valence electrons. The van der Waals surface area contributed by atoms with Crippen LogP contribution < -0.4 is 5.32 Å². The number of rotatable bonds is 3. The van der Waals surface area contributed by atoms with Gasteiger partial charge in [-0.3, -0.25) is 14.9 Å². The molecule has 1 aliphatic rings. The van der Waals surface area contributed by atoms with Crippen LogP contribution in [0.4, 0.5) is 5.95 Å². The van der Waals surface area contributed by atoms with Crippen molar-refractivity contribution in [3.8, 4) is 0 Å². The number of carboxylic acid groups (broad SMARTS) is 1. The maximum atomic E-state index is 11.5. The van der Waals surface area contributed by atoms with E-state index in [0.717, 1.165) is 0 Å². The molecule has 7 heteroatoms. The van der Waals surface area contributed by atoms with Crippen molar-refractivity contribution in [2.75, 3.05) is 5.32 Å². The maximum Gasteiger partial charge on any atom is 0.319 e. The fraction of sp³-hybridized carbons (Fsp3) is 0.375. The Hall–Kier alpha value is -2.05. The first-order chi connectivity index (χ1) is 7.15. The minimum atomic E-state index is -1.28. The summed E-state index contributed by atoms with van der Waals surface area (Å²) in [4.78, 5) is 26.1. The van der Waals surface area contributed by atoms with Gasteiger partial charge in [0, 0.05) is 0 Å². The lowest BCUT2D eigenvalue weighted by atomic mass is 10.1. The smallest absolute Gasteiger partial charge is 0.319 e. The van der Waals surface area contributed by atoms with Crippen molar-refractivity contribution >= 4 is 17.8 Å². The largest absolute Gasteiger partial charge is 0.480 e. The SMILES string of the molecule is O=C(O)C1(C(=O)Nc2nccnn2)CC1. The molecule has 0 atom stereocenters. The molecule has 1 fully saturated rings. The number of carbonyl (C=O) groups excluding carboxylic acids is 1. The van der Waals surface area contributed by atoms with E-state index >= 15 is 0 Å². The summed E-state index contributed by atoms with van der Waals surface area (Å²) in [7, 11) is 0. The fourth-order valence-corrected chi connectivity index (χ4v) is 1.19. The normalized spacial score (nSPS) is 16.8. The van der Waals surface area contributed by atoms with Crippen LogP contribution in [0.3, 0.4) is 0 Å². The number of anilines is 1. The van der Waals surface area contributed by atoms with Gasteiger partial charge >= 0.3 is 5.97 Å². The highest BCUT2D eigenvalue weighted by Crippen LogP contribution is 2.46. The lowest BCUT2D eigenvalue weighted by Crippen LogP contribution is -2.31. The summed E-state index contributed by atoms with van der Waals surface area (Å²) in [6, 6.07) is 0. The number of hydrogen-bond donors (Lipinski definition) is 2. The van der Waals surface area contributed by atoms with E-state index in [-0.39, 0.29) is 5.95 Å². The van der Waals surface area contributed by atoms with Gasteiger partial charge < -0.3 is 5.11 Å². The summed E-state index contributed by atoms with van der Waals surface area (Å²) in [6.07, 6.45) is 3.44. The van der Waals surface area contributed by atoms with Crippen LogP contribution in [-0.4, -0.2) is 32.2 Å². The summed E-state index contributed by atoms with van der Waals surface area (Å²) in [5.41, 5.74) is -1.28. The molecule has 0 aliphatic heterocycles. The number of hydrogen-bond acceptors (Lipinski definition) is 5. The van der Waals surface area contributed by atoms with Crippen LogP contribution in [0.25, 0.3) is 0 Å². The Morgan fingerprint density at radius 2 is 2.13 bits per heavy atom. The Balaban J connectivity index is 2.08. The third kappa shape index (κ3) is 1.63. The lowest BCUT2D eigenvalue weighted by molar-refractivity contribution is -0.147. The molecule has 0 unspecified atom stereocenters. The van der Waals surface area contributed by atoms with Crippen LogP contribution in [-0.2, 0) is 9.59 Å². The lowest BCUT2D eigenvalue weighted by Gasteiger charge is -2.08. The van der Waals surface area contributed by atoms with E-state index in [1.54, 1.807) is 0 Å². The summed E-state index contributed by atoms with van der Waals surface area (Å²) in [5, 5.41) is 18.2. The van der Waals surface area contributed by atoms with Crippen LogP contribution in [0, 0.1) is 5.41 Å². The van der Waals surface area contributed by atoms with Gasteiger partial charge in [0.15, 0.2) is 0 Å². The van der Waals surface area contributed by atoms with Gasteiger partial charge in [-0.05, 0) is 12.8 Å². The van der Waals surface area contributed by atoms with Gasteiger partial charge in [0.2, 0.25) is 11.9 Å². The predicted molar refractivity (Wildman–Crippen MR) is 47.8 cm³/mol. The molecule has 15 heavy (non-hydrogen) atoms. The third-order valence-corrected chi connectivity index (χ3v) is 2.30. The Kier molecular flexibility index (Phi) is 2.07. The first-order valence-corrected chi connectivity index (χ1v) is 4.34. The average Bonchev–Trinajstić information content (AvgIpc) is 2.99. The van der Waals surface area contributed by atoms with Gasteiger partial charge in [-0.15, -0.1) is 5.10 Å². The van der Waals surface area contributed by atoms with E-state index in [4.69, 9.17) is 5.11 Å². The van der Waals surface area contributed by atoms with Crippen molar-refractivity contribution in [3.05, 3.63) is 12.4 Å². The van der Waals surface area contributed by atoms with Gasteiger partial charge in [-0.25, -0.2) is 4.98 Å². The van der Waals surface area contributed by atoms with Gasteiger partial charge in [0.25, 0.3) is 0 Å². The zero-order valence-corrected chi connectivity index (χ0v) is 7.67. The van der Waals surface area contributed by atoms with E-state index in [0.29, 0.717) is 12.8 Å². The molecule has 1 heterocycles. The Morgan fingerprint density at radius 3 is 2.60 bits per heavy atom. The van der Waals surface area contributed by atoms with Crippen molar-refractivity contribution in [2.45, 2.75) is 12.8 Å². The fourth-order valence-electron chi connectivity index (χ4n) is 1.19. The van der Waals surface area contributed by atoms with E-state index in [1.807, 2.05) is 0 Å². The van der Waals surface area contributed by atoms with Crippen LogP contribution >= 0.6 is 0 Å². The second-order valence-electron chi connectivity index (χ2n) is 3.31. The van der Waals surface area contributed by atoms with Crippen LogP contribution in [0.5, 0.6) is 0 Å². The van der Waals surface area contributed by atoms with Crippen molar-refractivity contribution in [3.63, 3.8) is 0 Å². The number of nitrogens with zero attached hydrogens (tertiary/aromatic N) is 3. The van der Waals surface area contributed by atoms with Crippen LogP contribution in [0.15, 0.2) is 12.4 Å². The van der Waals surface area contributed by atoms with Crippen molar-refractivity contribution in [1.29, 1.82) is 0 Å². The molecule has 2 N–H and O–H groups in total. The highest BCUT2D eigenvalue weighted by Gasteiger charge is 2.57. The number of nitrogens with one attached hydrogen (secondary N) is 1. The highest BCUT2D eigenvalue weighted by atomic mass is 16.4. The average molecular weight is 208 g/mol. The standard InChI is InChI=1S/C8H8N4O3/c13-5(8(1-2-8)6(14)15)11-7-9-3-4-10-12-7/h3-4H,1-2H2,(H,14,15)(H,9,11,12,13). The van der Waals surface area contributed by atoms with E-state index in [9.17, 15) is 9.59 Å². The molecule has 0 spiro atoms. The molecule has 2 rings (SSSR count). The molecule has 1 aliphatic carbocycles. The second kappa shape index (κ2) is 3.26. The molecule has 7 nitrogen and oxygen atoms in total. The monoisotopic (exact) mass is 208 g/mol. The Bertz CT molecular complexity index is 402. The van der Waals surface area contributed by atoms with Gasteiger partial charge in [0.05, 0.1) is 12.4 Å². The van der Waals surface area contributed by atoms with Crippen molar-refractivity contribution < 1.29 is 14.7 Å². The number of aliphatic carboxylic acids is 1. The van der Waals surface area contributed by atoms with E-state index in [2.05, 4.69) is 20.5 Å². The molecule has 1 aromatic heterocycles. The minimum Gasteiger partial charge on any atom is -0.480 e. The number of carbonyl (C=O) groups is 2. The topological polar surface area (TPSA) is 105 Å².